The third kappa shape index (κ3) is 6.79. The predicted octanol–water partition coefficient (Wildman–Crippen LogP) is 16.2. The van der Waals surface area contributed by atoms with Gasteiger partial charge in [-0.15, -0.1) is 0 Å². The van der Waals surface area contributed by atoms with E-state index in [0.717, 1.165) is 16.7 Å². The van der Waals surface area contributed by atoms with Crippen LogP contribution in [-0.4, -0.2) is 16.0 Å². The highest BCUT2D eigenvalue weighted by Gasteiger charge is 2.35. The van der Waals surface area contributed by atoms with Crippen LogP contribution in [0.2, 0.25) is 0 Å². The Hall–Kier alpha value is -9.25. The first-order valence-corrected chi connectivity index (χ1v) is 23.7. The molecule has 0 N–H and O–H groups in total. The Morgan fingerprint density at radius 3 is 1.68 bits per heavy atom. The third-order valence-corrected chi connectivity index (χ3v) is 14.0. The average Bonchev–Trinajstić information content (AvgIpc) is 4.27. The first-order valence-electron chi connectivity index (χ1n) is 28.7. The molecule has 0 radical (unpaired) electrons. The molecule has 334 valence electrons. The summed E-state index contributed by atoms with van der Waals surface area (Å²) in [5.41, 5.74) is 16.6. The number of benzene rings is 10. The van der Waals surface area contributed by atoms with Crippen LogP contribution in [0.4, 0.5) is 0 Å². The summed E-state index contributed by atoms with van der Waals surface area (Å²) in [6, 6.07) is 55.9. The number of para-hydroxylation sites is 3. The largest absolute Gasteiger partial charge is 0.457 e. The third-order valence-electron chi connectivity index (χ3n) is 14.0. The Balaban J connectivity index is 0.875. The van der Waals surface area contributed by atoms with E-state index in [-0.39, 0.29) is 34.0 Å². The van der Waals surface area contributed by atoms with Gasteiger partial charge >= 0.3 is 0 Å². The number of aromatic nitrogens is 2. The number of imidazole rings is 1. The lowest BCUT2D eigenvalue weighted by Crippen LogP contribution is -2.30. The van der Waals surface area contributed by atoms with E-state index in [0.29, 0.717) is 34.8 Å². The van der Waals surface area contributed by atoms with Crippen LogP contribution in [-0.2, 0) is 0 Å². The Kier molecular flexibility index (Phi) is 7.49. The molecule has 1 aliphatic heterocycles. The smallest absolute Gasteiger partial charge is 0.255 e. The molecule has 0 spiro atoms. The molecular weight excluding hydrogens is 863 g/mol. The van der Waals surface area contributed by atoms with E-state index < -0.39 is 60.4 Å². The molecule has 1 aromatic heterocycles. The van der Waals surface area contributed by atoms with Crippen molar-refractivity contribution >= 4 is 22.2 Å². The van der Waals surface area contributed by atoms with Gasteiger partial charge in [-0.2, -0.15) is 9.13 Å². The van der Waals surface area contributed by atoms with Crippen molar-refractivity contribution < 1.29 is 23.0 Å². The molecule has 0 saturated carbocycles. The molecule has 3 aliphatic rings. The second-order valence-electron chi connectivity index (χ2n) is 17.9. The summed E-state index contributed by atoms with van der Waals surface area (Å²) in [4.78, 5) is 2.45. The molecule has 4 nitrogen and oxygen atoms in total. The summed E-state index contributed by atoms with van der Waals surface area (Å²) < 4.78 is 98.3. The highest BCUT2D eigenvalue weighted by Crippen LogP contribution is 2.52. The first-order chi connectivity index (χ1) is 39.4. The summed E-state index contributed by atoms with van der Waals surface area (Å²) in [5, 5.41) is 0. The molecule has 71 heavy (non-hydrogen) atoms. The van der Waals surface area contributed by atoms with Gasteiger partial charge in [-0.1, -0.05) is 206 Å². The highest BCUT2D eigenvalue weighted by atomic mass is 16.5. The zero-order valence-corrected chi connectivity index (χ0v) is 38.1. The molecule has 0 bridgehead atoms. The Morgan fingerprint density at radius 1 is 0.451 bits per heavy atom. The number of ether oxygens (including phenoxy) is 1. The molecule has 0 saturated heterocycles. The molecule has 10 aromatic carbocycles. The molecule has 2 aliphatic carbocycles. The van der Waals surface area contributed by atoms with Crippen LogP contribution in [0.1, 0.15) is 42.0 Å². The van der Waals surface area contributed by atoms with Gasteiger partial charge in [-0.25, -0.2) is 0 Å². The Labute approximate surface area is 427 Å². The lowest BCUT2D eigenvalue weighted by atomic mass is 9.79. The molecule has 1 unspecified atom stereocenters. The van der Waals surface area contributed by atoms with Gasteiger partial charge in [-0.3, -0.25) is 0 Å². The van der Waals surface area contributed by atoms with Crippen LogP contribution in [0.25, 0.3) is 89.2 Å². The Morgan fingerprint density at radius 2 is 0.986 bits per heavy atom. The van der Waals surface area contributed by atoms with E-state index in [4.69, 9.17) is 18.4 Å². The quantitative estimate of drug-likeness (QED) is 0.149. The molecule has 4 heteroatoms. The standard InChI is InChI=1S/C67H46N3O/c1-3-19-45(20-4-1)50-33-18-34-51(46-21-5-2-6-22-46)67(50)70-44-69(64-35-15-16-36-65(64)70)47-23-17-24-48(41-47)71-49-37-38-59-57-30-13-14-32-61(57)66(62(59)42-49)68-40-39-60-56-29-10-9-27-54(56)52-25-7-8-26-53(52)55-28-11-12-31-58(55)63(60)43-68/h1-39,41-44,66H,40H2/q+1/i1D,2D,3D,4D,5D,6D,19D,20D,21D,22D. The van der Waals surface area contributed by atoms with E-state index in [1.807, 2.05) is 59.2 Å². The van der Waals surface area contributed by atoms with Crippen LogP contribution in [0.15, 0.2) is 261 Å². The van der Waals surface area contributed by atoms with Gasteiger partial charge in [0.1, 0.15) is 22.9 Å². The van der Waals surface area contributed by atoms with E-state index in [1.54, 1.807) is 29.1 Å². The maximum atomic E-state index is 9.09. The number of fused-ring (bicyclic) bond motifs is 12. The molecule has 0 amide bonds. The number of allylic oxidation sites excluding steroid dienone is 2. The fourth-order valence-corrected chi connectivity index (χ4v) is 11.0. The van der Waals surface area contributed by atoms with Gasteiger partial charge in [0.05, 0.1) is 19.7 Å². The number of hydrogen-bond donors (Lipinski definition) is 0. The van der Waals surface area contributed by atoms with Gasteiger partial charge in [0.25, 0.3) is 6.33 Å². The second-order valence-corrected chi connectivity index (χ2v) is 17.9. The van der Waals surface area contributed by atoms with Gasteiger partial charge in [0.2, 0.25) is 0 Å². The summed E-state index contributed by atoms with van der Waals surface area (Å²) in [5.74, 6) is 1.20. The predicted molar refractivity (Wildman–Crippen MR) is 289 cm³/mol. The first kappa shape index (κ1) is 31.7. The maximum absolute atomic E-state index is 9.09. The monoisotopic (exact) mass is 918 g/mol. The van der Waals surface area contributed by atoms with Crippen molar-refractivity contribution in [2.24, 2.45) is 0 Å². The normalized spacial score (nSPS) is 16.1. The number of hydrogen-bond acceptors (Lipinski definition) is 2. The summed E-state index contributed by atoms with van der Waals surface area (Å²) in [6.07, 6.45) is 6.54. The summed E-state index contributed by atoms with van der Waals surface area (Å²) in [7, 11) is 0. The van der Waals surface area contributed by atoms with Crippen molar-refractivity contribution in [2.45, 2.75) is 6.04 Å². The van der Waals surface area contributed by atoms with Gasteiger partial charge in [0.15, 0.2) is 11.0 Å². The molecule has 1 atom stereocenters. The topological polar surface area (TPSA) is 21.3 Å². The highest BCUT2D eigenvalue weighted by molar-refractivity contribution is 6.13. The van der Waals surface area contributed by atoms with Gasteiger partial charge in [-0.05, 0) is 109 Å². The Bertz CT molecular complexity index is 4440. The molecule has 14 rings (SSSR count). The lowest BCUT2D eigenvalue weighted by molar-refractivity contribution is -0.566. The van der Waals surface area contributed by atoms with E-state index in [1.165, 1.54) is 50.1 Å². The number of nitrogens with zero attached hydrogens (tertiary/aromatic N) is 3. The maximum Gasteiger partial charge on any atom is 0.255 e. The van der Waals surface area contributed by atoms with Crippen molar-refractivity contribution in [3.8, 4) is 78.5 Å². The van der Waals surface area contributed by atoms with Crippen LogP contribution in [0, 0.1) is 0 Å². The van der Waals surface area contributed by atoms with E-state index >= 15 is 0 Å². The van der Waals surface area contributed by atoms with Crippen molar-refractivity contribution in [1.29, 1.82) is 0 Å². The van der Waals surface area contributed by atoms with Crippen LogP contribution in [0.3, 0.4) is 0 Å². The average molecular weight is 919 g/mol. The molecular formula is C67H46N3O+. The van der Waals surface area contributed by atoms with E-state index in [9.17, 15) is 0 Å². The molecule has 11 aromatic rings. The minimum atomic E-state index is -0.556. The zero-order valence-electron chi connectivity index (χ0n) is 48.1. The SMILES string of the molecule is [2H]c1c([2H])c([2H])c(-c2cccc(-c3c([2H])c([2H])c([2H])c([2H])c3[2H])c2-[n+]2cn(-c3cccc(Oc4ccc5c(c4)C(N4C=C6C(=CC4)c4ccccc4-c4ccccc4-c4ccccc46)c4ccccc4-5)c3)c3ccccc32)c([2H])c1[2H]. The number of rotatable bonds is 7. The van der Waals surface area contributed by atoms with Crippen LogP contribution < -0.4 is 9.30 Å². The van der Waals surface area contributed by atoms with Crippen molar-refractivity contribution in [3.05, 3.63) is 283 Å². The molecule has 2 heterocycles. The zero-order chi connectivity index (χ0) is 55.5. The van der Waals surface area contributed by atoms with Crippen molar-refractivity contribution in [3.63, 3.8) is 0 Å². The minimum absolute atomic E-state index is 0.107. The minimum Gasteiger partial charge on any atom is -0.457 e. The van der Waals surface area contributed by atoms with Crippen LogP contribution in [0.5, 0.6) is 11.5 Å². The molecule has 0 fully saturated rings. The van der Waals surface area contributed by atoms with Crippen LogP contribution >= 0.6 is 0 Å². The van der Waals surface area contributed by atoms with Crippen molar-refractivity contribution in [2.75, 3.05) is 6.54 Å². The lowest BCUT2D eigenvalue weighted by Gasteiger charge is -2.35. The van der Waals surface area contributed by atoms with Gasteiger partial charge < -0.3 is 9.64 Å². The summed E-state index contributed by atoms with van der Waals surface area (Å²) >= 11 is 0. The van der Waals surface area contributed by atoms with E-state index in [2.05, 4.69) is 126 Å². The van der Waals surface area contributed by atoms with Gasteiger partial charge in [0, 0.05) is 35.5 Å². The van der Waals surface area contributed by atoms with Crippen molar-refractivity contribution in [1.82, 2.24) is 9.47 Å². The second kappa shape index (κ2) is 16.8. The fourth-order valence-electron chi connectivity index (χ4n) is 11.0. The fraction of sp³-hybridized carbons (Fsp3) is 0.0299. The summed E-state index contributed by atoms with van der Waals surface area (Å²) in [6.45, 7) is 0.671.